The van der Waals surface area contributed by atoms with Crippen molar-refractivity contribution in [1.29, 1.82) is 0 Å². The average Bonchev–Trinajstić information content (AvgIpc) is 3.29. The van der Waals surface area contributed by atoms with E-state index in [0.29, 0.717) is 37.3 Å². The van der Waals surface area contributed by atoms with Gasteiger partial charge in [0.2, 0.25) is 10.0 Å². The number of anilines is 2. The molecule has 3 heterocycles. The molecule has 1 aliphatic heterocycles. The predicted molar refractivity (Wildman–Crippen MR) is 154 cm³/mol. The molecule has 0 radical (unpaired) electrons. The minimum absolute atomic E-state index is 0.189. The van der Waals surface area contributed by atoms with Crippen LogP contribution in [0, 0.1) is 0 Å². The zero-order chi connectivity index (χ0) is 27.6. The maximum Gasteiger partial charge on any atom is 0.410 e. The number of nitrogens with zero attached hydrogens (tertiary/aromatic N) is 4. The van der Waals surface area contributed by atoms with Gasteiger partial charge in [0.25, 0.3) is 0 Å². The van der Waals surface area contributed by atoms with Crippen LogP contribution in [0.3, 0.4) is 0 Å². The van der Waals surface area contributed by atoms with Gasteiger partial charge in [-0.05, 0) is 42.2 Å². The molecule has 0 aliphatic carbocycles. The van der Waals surface area contributed by atoms with Gasteiger partial charge in [-0.15, -0.1) is 0 Å². The number of carbonyl (C=O) groups is 1. The quantitative estimate of drug-likeness (QED) is 0.355. The van der Waals surface area contributed by atoms with E-state index in [1.54, 1.807) is 17.2 Å². The molecular weight excluding hydrogens is 514 g/mol. The lowest BCUT2D eigenvalue weighted by Crippen LogP contribution is -2.44. The Morgan fingerprint density at radius 1 is 1.08 bits per heavy atom. The van der Waals surface area contributed by atoms with Gasteiger partial charge in [0.15, 0.2) is 0 Å². The van der Waals surface area contributed by atoms with Crippen molar-refractivity contribution >= 4 is 38.5 Å². The van der Waals surface area contributed by atoms with Crippen LogP contribution < -0.4 is 9.62 Å². The Labute approximate surface area is 229 Å². The van der Waals surface area contributed by atoms with Crippen LogP contribution in [-0.2, 0) is 28.4 Å². The monoisotopic (exact) mass is 547 g/mol. The van der Waals surface area contributed by atoms with Gasteiger partial charge in [-0.3, -0.25) is 4.72 Å². The third-order valence-electron chi connectivity index (χ3n) is 7.13. The number of carbonyl (C=O) groups excluding carboxylic acids is 1. The van der Waals surface area contributed by atoms with Gasteiger partial charge in [-0.2, -0.15) is 0 Å². The second kappa shape index (κ2) is 11.0. The van der Waals surface area contributed by atoms with E-state index in [-0.39, 0.29) is 6.61 Å². The van der Waals surface area contributed by atoms with E-state index in [2.05, 4.69) is 15.8 Å². The molecule has 1 N–H and O–H groups in total. The van der Waals surface area contributed by atoms with Gasteiger partial charge >= 0.3 is 6.09 Å². The number of pyridine rings is 1. The Morgan fingerprint density at radius 2 is 1.82 bits per heavy atom. The topological polar surface area (TPSA) is 96.8 Å². The summed E-state index contributed by atoms with van der Waals surface area (Å²) in [7, 11) is 2.15. The van der Waals surface area contributed by atoms with E-state index < -0.39 is 21.4 Å². The highest BCUT2D eigenvalue weighted by molar-refractivity contribution is 7.93. The van der Waals surface area contributed by atoms with E-state index in [9.17, 15) is 13.2 Å². The number of hydrogen-bond acceptors (Lipinski definition) is 6. The largest absolute Gasteiger partial charge is 0.445 e. The summed E-state index contributed by atoms with van der Waals surface area (Å²) in [6.07, 6.45) is 3.83. The van der Waals surface area contributed by atoms with Crippen molar-refractivity contribution < 1.29 is 17.9 Å². The zero-order valence-corrected chi connectivity index (χ0v) is 23.2. The van der Waals surface area contributed by atoms with Crippen LogP contribution in [-0.4, -0.2) is 61.4 Å². The highest BCUT2D eigenvalue weighted by Gasteiger charge is 2.33. The maximum atomic E-state index is 13.5. The van der Waals surface area contributed by atoms with Gasteiger partial charge in [0.05, 0.1) is 16.3 Å². The number of amides is 1. The summed E-state index contributed by atoms with van der Waals surface area (Å²) in [4.78, 5) is 20.7. The summed E-state index contributed by atoms with van der Waals surface area (Å²) in [5, 5.41) is 0.129. The van der Waals surface area contributed by atoms with Crippen LogP contribution in [0.2, 0.25) is 0 Å². The smallest absolute Gasteiger partial charge is 0.410 e. The standard InChI is InChI=1S/C29H33N5O4S/c1-32(2)23-11-7-10-22(18-23)25-19-33(3)28-27(25)26(12-15-30-28)31-39(36,37)24-13-16-34(17-14-24)29(35)38-20-21-8-5-4-6-9-21/h4-12,15,18-19,24H,13-14,16-17,20H2,1-3H3,(H,30,31). The molecule has 2 aromatic heterocycles. The van der Waals surface area contributed by atoms with E-state index in [0.717, 1.165) is 27.8 Å². The minimum atomic E-state index is -3.72. The normalized spacial score (nSPS) is 14.4. The van der Waals surface area contributed by atoms with Gasteiger partial charge in [-0.1, -0.05) is 42.5 Å². The number of hydrogen-bond donors (Lipinski definition) is 1. The summed E-state index contributed by atoms with van der Waals surface area (Å²) in [6, 6.07) is 19.3. The number of aromatic nitrogens is 2. The number of benzene rings is 2. The van der Waals surface area contributed by atoms with Crippen molar-refractivity contribution in [3.05, 3.63) is 78.6 Å². The van der Waals surface area contributed by atoms with Crippen LogP contribution in [0.4, 0.5) is 16.2 Å². The minimum Gasteiger partial charge on any atom is -0.445 e. The summed E-state index contributed by atoms with van der Waals surface area (Å²) >= 11 is 0. The summed E-state index contributed by atoms with van der Waals surface area (Å²) in [5.41, 5.74) is 5.02. The van der Waals surface area contributed by atoms with E-state index in [1.165, 1.54) is 0 Å². The molecule has 1 fully saturated rings. The summed E-state index contributed by atoms with van der Waals surface area (Å²) < 4.78 is 37.2. The Hall–Kier alpha value is -4.05. The Kier molecular flexibility index (Phi) is 7.47. The molecule has 4 aromatic rings. The van der Waals surface area contributed by atoms with Crippen LogP contribution >= 0.6 is 0 Å². The Bertz CT molecular complexity index is 1580. The van der Waals surface area contributed by atoms with E-state index >= 15 is 0 Å². The number of rotatable bonds is 7. The lowest BCUT2D eigenvalue weighted by Gasteiger charge is -2.31. The SMILES string of the molecule is CN(C)c1cccc(-c2cn(C)c3nccc(NS(=O)(=O)C4CCN(C(=O)OCc5ccccc5)CC4)c23)c1. The predicted octanol–water partition coefficient (Wildman–Crippen LogP) is 4.85. The first-order valence-electron chi connectivity index (χ1n) is 12.9. The first-order chi connectivity index (χ1) is 18.7. The van der Waals surface area contributed by atoms with Gasteiger partial charge < -0.3 is 19.1 Å². The van der Waals surface area contributed by atoms with Crippen molar-refractivity contribution in [2.75, 3.05) is 36.8 Å². The van der Waals surface area contributed by atoms with E-state index in [1.807, 2.05) is 85.3 Å². The maximum absolute atomic E-state index is 13.5. The van der Waals surface area contributed by atoms with Crippen LogP contribution in [0.15, 0.2) is 73.1 Å². The molecule has 2 aromatic carbocycles. The van der Waals surface area contributed by atoms with Gasteiger partial charge in [0, 0.05) is 57.9 Å². The van der Waals surface area contributed by atoms with Crippen molar-refractivity contribution in [1.82, 2.24) is 14.5 Å². The number of nitrogens with one attached hydrogen (secondary N) is 1. The molecule has 10 heteroatoms. The average molecular weight is 548 g/mol. The van der Waals surface area contributed by atoms with Gasteiger partial charge in [0.1, 0.15) is 12.3 Å². The number of sulfonamides is 1. The molecule has 39 heavy (non-hydrogen) atoms. The Morgan fingerprint density at radius 3 is 2.54 bits per heavy atom. The van der Waals surface area contributed by atoms with Gasteiger partial charge in [-0.25, -0.2) is 18.2 Å². The molecule has 1 aliphatic rings. The van der Waals surface area contributed by atoms with Crippen molar-refractivity contribution in [3.63, 3.8) is 0 Å². The lowest BCUT2D eigenvalue weighted by atomic mass is 10.0. The highest BCUT2D eigenvalue weighted by Crippen LogP contribution is 2.36. The molecule has 0 bridgehead atoms. The summed E-state index contributed by atoms with van der Waals surface area (Å²) in [6.45, 7) is 0.825. The summed E-state index contributed by atoms with van der Waals surface area (Å²) in [5.74, 6) is 0. The van der Waals surface area contributed by atoms with Crippen LogP contribution in [0.5, 0.6) is 0 Å². The molecule has 9 nitrogen and oxygen atoms in total. The fraction of sp³-hybridized carbons (Fsp3) is 0.310. The van der Waals surface area contributed by atoms with Crippen LogP contribution in [0.25, 0.3) is 22.2 Å². The fourth-order valence-corrected chi connectivity index (χ4v) is 6.43. The molecule has 0 saturated carbocycles. The molecule has 0 spiro atoms. The number of aryl methyl sites for hydroxylation is 1. The fourth-order valence-electron chi connectivity index (χ4n) is 4.95. The molecule has 0 unspecified atom stereocenters. The van der Waals surface area contributed by atoms with Crippen molar-refractivity contribution in [2.24, 2.45) is 7.05 Å². The Balaban J connectivity index is 1.31. The number of likely N-dealkylation sites (tertiary alicyclic amines) is 1. The number of ether oxygens (including phenoxy) is 1. The van der Waals surface area contributed by atoms with Crippen molar-refractivity contribution in [2.45, 2.75) is 24.7 Å². The van der Waals surface area contributed by atoms with Crippen LogP contribution in [0.1, 0.15) is 18.4 Å². The first-order valence-corrected chi connectivity index (χ1v) is 14.5. The van der Waals surface area contributed by atoms with E-state index in [4.69, 9.17) is 4.74 Å². The molecule has 204 valence electrons. The third kappa shape index (κ3) is 5.70. The third-order valence-corrected chi connectivity index (χ3v) is 8.98. The number of piperidine rings is 1. The first kappa shape index (κ1) is 26.6. The second-order valence-corrected chi connectivity index (χ2v) is 12.0. The molecule has 5 rings (SSSR count). The lowest BCUT2D eigenvalue weighted by molar-refractivity contribution is 0.0897. The molecule has 1 amide bonds. The number of fused-ring (bicyclic) bond motifs is 1. The zero-order valence-electron chi connectivity index (χ0n) is 22.4. The second-order valence-electron chi connectivity index (χ2n) is 10.0. The molecule has 1 saturated heterocycles. The highest BCUT2D eigenvalue weighted by atomic mass is 32.2. The molecular formula is C29H33N5O4S. The molecule has 0 atom stereocenters. The van der Waals surface area contributed by atoms with Crippen molar-refractivity contribution in [3.8, 4) is 11.1 Å².